The first-order chi connectivity index (χ1) is 16.7. The van der Waals surface area contributed by atoms with Crippen LogP contribution in [0.1, 0.15) is 32.4 Å². The van der Waals surface area contributed by atoms with E-state index in [2.05, 4.69) is 20.3 Å². The van der Waals surface area contributed by atoms with Crippen molar-refractivity contribution >= 4 is 31.2 Å². The predicted molar refractivity (Wildman–Crippen MR) is 141 cm³/mol. The second-order valence-electron chi connectivity index (χ2n) is 9.22. The molecule has 1 aromatic carbocycles. The second-order valence-corrected chi connectivity index (χ2v) is 9.22. The number of benzene rings is 1. The molecule has 2 aliphatic rings. The van der Waals surface area contributed by atoms with Gasteiger partial charge < -0.3 is 19.7 Å². The van der Waals surface area contributed by atoms with Gasteiger partial charge in [-0.2, -0.15) is 18.5 Å². The van der Waals surface area contributed by atoms with Gasteiger partial charge in [-0.3, -0.25) is 9.89 Å². The molecule has 0 bridgehead atoms. The first-order valence-electron chi connectivity index (χ1n) is 11.6. The van der Waals surface area contributed by atoms with Crippen LogP contribution in [0.5, 0.6) is 6.01 Å². The van der Waals surface area contributed by atoms with Crippen molar-refractivity contribution in [2.24, 2.45) is 4.99 Å². The van der Waals surface area contributed by atoms with Gasteiger partial charge in [-0.25, -0.2) is 14.2 Å². The molecule has 3 heterocycles. The average Bonchev–Trinajstić information content (AvgIpc) is 3.34. The molecule has 1 N–H and O–H groups in total. The number of likely N-dealkylation sites (N-methyl/N-ethyl adjacent to an activating group) is 1. The van der Waals surface area contributed by atoms with Gasteiger partial charge in [-0.1, -0.05) is 30.3 Å². The largest absolute Gasteiger partial charge is 0.464 e. The number of hydrogen-bond donors (Lipinski definition) is 1. The molecule has 2 aromatic rings. The van der Waals surface area contributed by atoms with E-state index in [4.69, 9.17) is 9.47 Å². The molecule has 36 heavy (non-hydrogen) atoms. The van der Waals surface area contributed by atoms with E-state index in [-0.39, 0.29) is 25.3 Å². The number of nitrogens with one attached hydrogen (secondary N) is 1. The summed E-state index contributed by atoms with van der Waals surface area (Å²) < 4.78 is 25.7. The molecule has 4 rings (SSSR count). The van der Waals surface area contributed by atoms with Crippen LogP contribution in [-0.4, -0.2) is 77.6 Å². The Hall–Kier alpha value is -3.18. The Bertz CT molecular complexity index is 1160. The molecule has 194 valence electrons. The molecule has 0 aliphatic carbocycles. The summed E-state index contributed by atoms with van der Waals surface area (Å²) >= 11 is 0. The maximum absolute atomic E-state index is 14.4. The minimum Gasteiger partial charge on any atom is -0.464 e. The van der Waals surface area contributed by atoms with Crippen molar-refractivity contribution < 1.29 is 18.7 Å². The lowest BCUT2D eigenvalue weighted by atomic mass is 9.94. The van der Waals surface area contributed by atoms with E-state index in [0.29, 0.717) is 32.1 Å². The number of nitrogens with zero attached hydrogens (tertiary/aromatic N) is 5. The fraction of sp³-hybridized carbons (Fsp3) is 0.440. The van der Waals surface area contributed by atoms with Crippen LogP contribution in [0, 0.1) is 5.82 Å². The van der Waals surface area contributed by atoms with Crippen LogP contribution in [0.4, 0.5) is 15.0 Å². The first-order valence-corrected chi connectivity index (χ1v) is 11.6. The van der Waals surface area contributed by atoms with Crippen LogP contribution < -0.4 is 10.1 Å². The number of carbonyl (C=O) groups is 1. The smallest absolute Gasteiger partial charge is 0.411 e. The lowest BCUT2D eigenvalue weighted by molar-refractivity contribution is 0.0383. The van der Waals surface area contributed by atoms with Crippen molar-refractivity contribution in [1.29, 1.82) is 0 Å². The SMILES string of the molecule is CCOc1ncc(F)c(NC2=NCC3=C2CN(C(=O)O[C@H](CN(C)C)c2ccccc2)C3(C)C)n1.S. The molecule has 0 saturated heterocycles. The molecular formula is C25H33FN6O3S. The van der Waals surface area contributed by atoms with Crippen LogP contribution in [0.15, 0.2) is 52.7 Å². The molecule has 0 unspecified atom stereocenters. The molecule has 11 heteroatoms. The highest BCUT2D eigenvalue weighted by atomic mass is 32.1. The number of amidine groups is 1. The normalized spacial score (nSPS) is 16.9. The summed E-state index contributed by atoms with van der Waals surface area (Å²) in [6, 6.07) is 9.78. The van der Waals surface area contributed by atoms with Gasteiger partial charge in [0.25, 0.3) is 0 Å². The third kappa shape index (κ3) is 5.62. The standard InChI is InChI=1S/C25H31FN6O3.H2S/c1-6-34-23-28-13-19(26)22(30-23)29-21-17-14-32(25(2,3)18(17)12-27-21)24(33)35-20(15-31(4)5)16-10-8-7-9-11-16;/h7-11,13,20H,6,12,14-15H2,1-5H3,(H,27,28,29,30);1H2/t20-;/m1./s1. The highest BCUT2D eigenvalue weighted by Crippen LogP contribution is 2.39. The topological polar surface area (TPSA) is 92.2 Å². The minimum atomic E-state index is -0.617. The van der Waals surface area contributed by atoms with Gasteiger partial charge in [0, 0.05) is 12.1 Å². The van der Waals surface area contributed by atoms with Gasteiger partial charge in [0.1, 0.15) is 11.9 Å². The zero-order valence-corrected chi connectivity index (χ0v) is 22.2. The van der Waals surface area contributed by atoms with Crippen molar-refractivity contribution in [2.45, 2.75) is 32.4 Å². The third-order valence-electron chi connectivity index (χ3n) is 6.17. The molecule has 2 aliphatic heterocycles. The summed E-state index contributed by atoms with van der Waals surface area (Å²) in [4.78, 5) is 29.5. The fourth-order valence-electron chi connectivity index (χ4n) is 4.30. The molecule has 1 amide bonds. The Morgan fingerprint density at radius 2 is 2.00 bits per heavy atom. The van der Waals surface area contributed by atoms with E-state index in [1.54, 1.807) is 11.8 Å². The van der Waals surface area contributed by atoms with Gasteiger partial charge in [-0.05, 0) is 46.0 Å². The lowest BCUT2D eigenvalue weighted by Gasteiger charge is -2.35. The van der Waals surface area contributed by atoms with Gasteiger partial charge in [0.2, 0.25) is 0 Å². The van der Waals surface area contributed by atoms with E-state index in [9.17, 15) is 9.18 Å². The summed E-state index contributed by atoms with van der Waals surface area (Å²) in [6.07, 6.45) is 0.233. The van der Waals surface area contributed by atoms with E-state index >= 15 is 0 Å². The van der Waals surface area contributed by atoms with Gasteiger partial charge in [-0.15, -0.1) is 0 Å². The number of carbonyl (C=O) groups excluding carboxylic acids is 1. The molecule has 0 fully saturated rings. The Morgan fingerprint density at radius 1 is 1.28 bits per heavy atom. The van der Waals surface area contributed by atoms with Crippen molar-refractivity contribution in [3.05, 3.63) is 59.1 Å². The summed E-state index contributed by atoms with van der Waals surface area (Å²) in [5.74, 6) is -0.158. The summed E-state index contributed by atoms with van der Waals surface area (Å²) in [5.41, 5.74) is 2.15. The molecule has 1 aromatic heterocycles. The summed E-state index contributed by atoms with van der Waals surface area (Å²) in [7, 11) is 3.88. The predicted octanol–water partition coefficient (Wildman–Crippen LogP) is 3.78. The minimum absolute atomic E-state index is 0. The fourth-order valence-corrected chi connectivity index (χ4v) is 4.30. The van der Waals surface area contributed by atoms with Crippen molar-refractivity contribution in [2.75, 3.05) is 45.7 Å². The molecular weight excluding hydrogens is 483 g/mol. The average molecular weight is 517 g/mol. The number of aromatic nitrogens is 2. The van der Waals surface area contributed by atoms with E-state index in [1.165, 1.54) is 0 Å². The number of aliphatic imine (C=N–C) groups is 1. The molecule has 0 radical (unpaired) electrons. The van der Waals surface area contributed by atoms with Gasteiger partial charge in [0.15, 0.2) is 11.6 Å². The number of ether oxygens (including phenoxy) is 2. The second kappa shape index (κ2) is 11.3. The van der Waals surface area contributed by atoms with Crippen LogP contribution in [0.3, 0.4) is 0 Å². The van der Waals surface area contributed by atoms with E-state index in [0.717, 1.165) is 22.9 Å². The number of hydrogen-bond acceptors (Lipinski definition) is 8. The van der Waals surface area contributed by atoms with Crippen molar-refractivity contribution in [3.63, 3.8) is 0 Å². The molecule has 0 spiro atoms. The Kier molecular flexibility index (Phi) is 8.57. The monoisotopic (exact) mass is 516 g/mol. The first kappa shape index (κ1) is 27.4. The van der Waals surface area contributed by atoms with Gasteiger partial charge in [0.05, 0.1) is 31.4 Å². The Morgan fingerprint density at radius 3 is 2.67 bits per heavy atom. The third-order valence-corrected chi connectivity index (χ3v) is 6.17. The van der Waals surface area contributed by atoms with E-state index < -0.39 is 23.6 Å². The highest BCUT2D eigenvalue weighted by molar-refractivity contribution is 7.59. The van der Waals surface area contributed by atoms with E-state index in [1.807, 2.05) is 63.2 Å². The zero-order valence-electron chi connectivity index (χ0n) is 21.2. The summed E-state index contributed by atoms with van der Waals surface area (Å²) in [6.45, 7) is 7.35. The lowest BCUT2D eigenvalue weighted by Crippen LogP contribution is -2.47. The maximum Gasteiger partial charge on any atom is 0.411 e. The molecule has 0 saturated carbocycles. The number of rotatable bonds is 7. The maximum atomic E-state index is 14.4. The molecule has 9 nitrogen and oxygen atoms in total. The van der Waals surface area contributed by atoms with Gasteiger partial charge >= 0.3 is 12.1 Å². The summed E-state index contributed by atoms with van der Waals surface area (Å²) in [5, 5.41) is 2.97. The van der Waals surface area contributed by atoms with Crippen molar-refractivity contribution in [3.8, 4) is 6.01 Å². The van der Waals surface area contributed by atoms with Crippen LogP contribution in [0.25, 0.3) is 0 Å². The molecule has 1 atom stereocenters. The zero-order chi connectivity index (χ0) is 25.2. The number of amides is 1. The quantitative estimate of drug-likeness (QED) is 0.599. The van der Waals surface area contributed by atoms with Crippen LogP contribution in [-0.2, 0) is 4.74 Å². The van der Waals surface area contributed by atoms with Crippen LogP contribution in [0.2, 0.25) is 0 Å². The number of halogens is 1. The van der Waals surface area contributed by atoms with Crippen LogP contribution >= 0.6 is 13.5 Å². The number of anilines is 1. The Labute approximate surface area is 217 Å². The highest BCUT2D eigenvalue weighted by Gasteiger charge is 2.46. The van der Waals surface area contributed by atoms with Crippen molar-refractivity contribution in [1.82, 2.24) is 19.8 Å². The Balaban J connectivity index is 0.00000361.